The first kappa shape index (κ1) is 15.5. The maximum Gasteiger partial charge on any atom is 0.336 e. The van der Waals surface area contributed by atoms with E-state index in [0.29, 0.717) is 10.2 Å². The molecule has 0 saturated heterocycles. The number of carboxylic acid groups (broad SMARTS) is 1. The van der Waals surface area contributed by atoms with E-state index in [4.69, 9.17) is 10.2 Å². The molecule has 0 heterocycles. The number of urea groups is 1. The van der Waals surface area contributed by atoms with Gasteiger partial charge in [0.1, 0.15) is 0 Å². The quantitative estimate of drug-likeness (QED) is 0.787. The van der Waals surface area contributed by atoms with Crippen molar-refractivity contribution in [2.24, 2.45) is 0 Å². The molecule has 3 N–H and O–H groups in total. The van der Waals surface area contributed by atoms with Gasteiger partial charge in [0.25, 0.3) is 0 Å². The second-order valence-electron chi connectivity index (χ2n) is 4.07. The summed E-state index contributed by atoms with van der Waals surface area (Å²) in [5, 5.41) is 20.5. The third-order valence-electron chi connectivity index (χ3n) is 2.69. The Hall–Kier alpha value is -1.60. The van der Waals surface area contributed by atoms with Crippen molar-refractivity contribution in [3.05, 3.63) is 28.2 Å². The predicted molar refractivity (Wildman–Crippen MR) is 74.4 cm³/mol. The van der Waals surface area contributed by atoms with Crippen LogP contribution in [-0.4, -0.2) is 46.8 Å². The van der Waals surface area contributed by atoms with Gasteiger partial charge in [0.2, 0.25) is 0 Å². The molecule has 0 aliphatic carbocycles. The highest BCUT2D eigenvalue weighted by Gasteiger charge is 2.16. The summed E-state index contributed by atoms with van der Waals surface area (Å²) in [7, 11) is 1.55. The van der Waals surface area contributed by atoms with Gasteiger partial charge in [-0.05, 0) is 41.1 Å². The third-order valence-corrected chi connectivity index (χ3v) is 3.39. The molecule has 0 fully saturated rings. The smallest absolute Gasteiger partial charge is 0.336 e. The van der Waals surface area contributed by atoms with E-state index in [9.17, 15) is 9.59 Å². The maximum absolute atomic E-state index is 11.8. The lowest BCUT2D eigenvalue weighted by Crippen LogP contribution is -2.40. The lowest BCUT2D eigenvalue weighted by atomic mass is 10.2. The molecular weight excluding hydrogens is 316 g/mol. The van der Waals surface area contributed by atoms with Crippen molar-refractivity contribution in [2.75, 3.05) is 19.0 Å². The van der Waals surface area contributed by atoms with Crippen molar-refractivity contribution in [3.63, 3.8) is 0 Å². The van der Waals surface area contributed by atoms with Crippen LogP contribution in [-0.2, 0) is 0 Å². The number of hydrogen-bond acceptors (Lipinski definition) is 3. The molecule has 104 valence electrons. The summed E-state index contributed by atoms with van der Waals surface area (Å²) in [5.74, 6) is -1.08. The van der Waals surface area contributed by atoms with Gasteiger partial charge in [0.05, 0.1) is 18.2 Å². The monoisotopic (exact) mass is 330 g/mol. The van der Waals surface area contributed by atoms with Crippen molar-refractivity contribution in [1.82, 2.24) is 4.90 Å². The number of likely N-dealkylation sites (N-methyl/N-ethyl adjacent to an activating group) is 1. The molecule has 0 saturated carbocycles. The summed E-state index contributed by atoms with van der Waals surface area (Å²) in [5.41, 5.74) is 0.443. The molecule has 1 atom stereocenters. The lowest BCUT2D eigenvalue weighted by Gasteiger charge is -2.23. The molecule has 0 aliphatic heterocycles. The molecule has 0 spiro atoms. The summed E-state index contributed by atoms with van der Waals surface area (Å²) in [6.45, 7) is 1.55. The molecule has 7 heteroatoms. The average Bonchev–Trinajstić information content (AvgIpc) is 2.38. The number of nitrogens with one attached hydrogen (secondary N) is 1. The van der Waals surface area contributed by atoms with Crippen LogP contribution in [0.4, 0.5) is 10.5 Å². The number of anilines is 1. The fraction of sp³-hybridized carbons (Fsp3) is 0.333. The third kappa shape index (κ3) is 3.93. The molecule has 2 amide bonds. The SMILES string of the molecule is CC(CO)N(C)C(=O)Nc1ccc(Br)c(C(=O)O)c1. The number of nitrogens with zero attached hydrogens (tertiary/aromatic N) is 1. The number of aromatic carboxylic acids is 1. The fourth-order valence-corrected chi connectivity index (χ4v) is 1.72. The molecule has 1 unspecified atom stereocenters. The molecule has 1 aromatic carbocycles. The van der Waals surface area contributed by atoms with Gasteiger partial charge in [-0.3, -0.25) is 0 Å². The minimum atomic E-state index is -1.08. The van der Waals surface area contributed by atoms with Crippen LogP contribution >= 0.6 is 15.9 Å². The number of rotatable bonds is 4. The summed E-state index contributed by atoms with van der Waals surface area (Å²) in [4.78, 5) is 24.1. The molecule has 0 bridgehead atoms. The highest BCUT2D eigenvalue weighted by Crippen LogP contribution is 2.21. The van der Waals surface area contributed by atoms with E-state index in [0.717, 1.165) is 0 Å². The number of carbonyl (C=O) groups is 2. The van der Waals surface area contributed by atoms with E-state index in [-0.39, 0.29) is 18.2 Å². The number of aliphatic hydroxyl groups excluding tert-OH is 1. The zero-order valence-electron chi connectivity index (χ0n) is 10.6. The minimum Gasteiger partial charge on any atom is -0.478 e. The Labute approximate surface area is 119 Å². The Morgan fingerprint density at radius 1 is 1.47 bits per heavy atom. The molecule has 1 aromatic rings. The standard InChI is InChI=1S/C12H15BrN2O4/c1-7(6-16)15(2)12(19)14-8-3-4-10(13)9(5-8)11(17)18/h3-5,7,16H,6H2,1-2H3,(H,14,19)(H,17,18). The molecule has 0 aromatic heterocycles. The molecule has 6 nitrogen and oxygen atoms in total. The number of benzene rings is 1. The van der Waals surface area contributed by atoms with Crippen molar-refractivity contribution >= 4 is 33.6 Å². The lowest BCUT2D eigenvalue weighted by molar-refractivity contribution is 0.0696. The van der Waals surface area contributed by atoms with Crippen LogP contribution in [0.1, 0.15) is 17.3 Å². The number of amides is 2. The number of carboxylic acids is 1. The summed E-state index contributed by atoms with van der Waals surface area (Å²) < 4.78 is 0.440. The summed E-state index contributed by atoms with van der Waals surface area (Å²) in [6, 6.07) is 3.76. The fourth-order valence-electron chi connectivity index (χ4n) is 1.30. The van der Waals surface area contributed by atoms with Crippen LogP contribution in [0.5, 0.6) is 0 Å². The Morgan fingerprint density at radius 2 is 2.11 bits per heavy atom. The number of aliphatic hydroxyl groups is 1. The van der Waals surface area contributed by atoms with Gasteiger partial charge in [-0.25, -0.2) is 9.59 Å². The first-order valence-corrected chi connectivity index (χ1v) is 6.33. The minimum absolute atomic E-state index is 0.0654. The molecule has 19 heavy (non-hydrogen) atoms. The van der Waals surface area contributed by atoms with Crippen molar-refractivity contribution < 1.29 is 19.8 Å². The van der Waals surface area contributed by atoms with Gasteiger partial charge in [-0.2, -0.15) is 0 Å². The highest BCUT2D eigenvalue weighted by molar-refractivity contribution is 9.10. The summed E-state index contributed by atoms with van der Waals surface area (Å²) in [6.07, 6.45) is 0. The molecule has 0 radical (unpaired) electrons. The second-order valence-corrected chi connectivity index (χ2v) is 4.93. The predicted octanol–water partition coefficient (Wildman–Crippen LogP) is 1.99. The van der Waals surface area contributed by atoms with E-state index in [1.54, 1.807) is 26.1 Å². The Kier molecular flexibility index (Phi) is 5.31. The Bertz CT molecular complexity index is 493. The van der Waals surface area contributed by atoms with Crippen molar-refractivity contribution in [2.45, 2.75) is 13.0 Å². The van der Waals surface area contributed by atoms with Gasteiger partial charge < -0.3 is 20.4 Å². The Morgan fingerprint density at radius 3 is 2.63 bits per heavy atom. The van der Waals surface area contributed by atoms with E-state index < -0.39 is 12.0 Å². The zero-order valence-corrected chi connectivity index (χ0v) is 12.1. The van der Waals surface area contributed by atoms with E-state index in [1.165, 1.54) is 11.0 Å². The normalized spacial score (nSPS) is 11.8. The highest BCUT2D eigenvalue weighted by atomic mass is 79.9. The number of carbonyl (C=O) groups excluding carboxylic acids is 1. The van der Waals surface area contributed by atoms with E-state index in [2.05, 4.69) is 21.2 Å². The van der Waals surface area contributed by atoms with Crippen molar-refractivity contribution in [3.8, 4) is 0 Å². The zero-order chi connectivity index (χ0) is 14.6. The van der Waals surface area contributed by atoms with Crippen LogP contribution in [0.3, 0.4) is 0 Å². The van der Waals surface area contributed by atoms with Crippen LogP contribution in [0.2, 0.25) is 0 Å². The van der Waals surface area contributed by atoms with Gasteiger partial charge in [-0.15, -0.1) is 0 Å². The van der Waals surface area contributed by atoms with Crippen LogP contribution in [0, 0.1) is 0 Å². The van der Waals surface area contributed by atoms with Crippen LogP contribution in [0.15, 0.2) is 22.7 Å². The van der Waals surface area contributed by atoms with Gasteiger partial charge in [0.15, 0.2) is 0 Å². The average molecular weight is 331 g/mol. The summed E-state index contributed by atoms with van der Waals surface area (Å²) >= 11 is 3.12. The van der Waals surface area contributed by atoms with Gasteiger partial charge >= 0.3 is 12.0 Å². The van der Waals surface area contributed by atoms with E-state index >= 15 is 0 Å². The Balaban J connectivity index is 2.86. The number of halogens is 1. The van der Waals surface area contributed by atoms with Gasteiger partial charge in [-0.1, -0.05) is 0 Å². The van der Waals surface area contributed by atoms with Crippen molar-refractivity contribution in [1.29, 1.82) is 0 Å². The molecule has 1 rings (SSSR count). The maximum atomic E-state index is 11.8. The molecular formula is C12H15BrN2O4. The first-order valence-electron chi connectivity index (χ1n) is 5.54. The van der Waals surface area contributed by atoms with Gasteiger partial charge in [0, 0.05) is 17.2 Å². The van der Waals surface area contributed by atoms with Crippen LogP contribution < -0.4 is 5.32 Å². The second kappa shape index (κ2) is 6.53. The van der Waals surface area contributed by atoms with E-state index in [1.807, 2.05) is 0 Å². The molecule has 0 aliphatic rings. The first-order chi connectivity index (χ1) is 8.86. The topological polar surface area (TPSA) is 89.9 Å². The number of hydrogen-bond donors (Lipinski definition) is 3. The van der Waals surface area contributed by atoms with Crippen LogP contribution in [0.25, 0.3) is 0 Å². The largest absolute Gasteiger partial charge is 0.478 e.